The minimum Gasteiger partial charge on any atom is -0.479 e. The Bertz CT molecular complexity index is 895. The summed E-state index contributed by atoms with van der Waals surface area (Å²) in [6.07, 6.45) is -0.875. The van der Waals surface area contributed by atoms with E-state index < -0.39 is 23.9 Å². The van der Waals surface area contributed by atoms with Crippen LogP contribution in [0.25, 0.3) is 0 Å². The normalized spacial score (nSPS) is 13.7. The summed E-state index contributed by atoms with van der Waals surface area (Å²) >= 11 is 0. The number of nitriles is 1. The fraction of sp³-hybridized carbons (Fsp3) is 0.200. The highest BCUT2D eigenvalue weighted by Crippen LogP contribution is 2.22. The van der Waals surface area contributed by atoms with Gasteiger partial charge in [0.2, 0.25) is 0 Å². The van der Waals surface area contributed by atoms with Gasteiger partial charge in [0.25, 0.3) is 11.8 Å². The first-order valence-electron chi connectivity index (χ1n) is 8.30. The maximum atomic E-state index is 12.2. The zero-order valence-electron chi connectivity index (χ0n) is 14.5. The van der Waals surface area contributed by atoms with Crippen molar-refractivity contribution >= 4 is 17.8 Å². The van der Waals surface area contributed by atoms with Crippen LogP contribution < -0.4 is 4.74 Å². The lowest BCUT2D eigenvalue weighted by atomic mass is 10.1. The molecule has 0 N–H and O–H groups in total. The number of fused-ring (bicyclic) bond motifs is 1. The van der Waals surface area contributed by atoms with Crippen LogP contribution >= 0.6 is 0 Å². The fourth-order valence-electron chi connectivity index (χ4n) is 2.66. The Kier molecular flexibility index (Phi) is 5.18. The molecule has 0 radical (unpaired) electrons. The molecule has 2 amide bonds. The second-order valence-corrected chi connectivity index (χ2v) is 5.87. The van der Waals surface area contributed by atoms with Gasteiger partial charge in [-0.05, 0) is 43.3 Å². The van der Waals surface area contributed by atoms with Crippen molar-refractivity contribution in [3.8, 4) is 11.8 Å². The van der Waals surface area contributed by atoms with E-state index in [1.807, 2.05) is 6.07 Å². The molecule has 0 fully saturated rings. The third-order valence-corrected chi connectivity index (χ3v) is 4.07. The summed E-state index contributed by atoms with van der Waals surface area (Å²) in [5.74, 6) is -0.975. The van der Waals surface area contributed by atoms with Gasteiger partial charge in [-0.2, -0.15) is 5.26 Å². The second-order valence-electron chi connectivity index (χ2n) is 5.87. The first-order valence-corrected chi connectivity index (χ1v) is 8.30. The van der Waals surface area contributed by atoms with Gasteiger partial charge in [0.1, 0.15) is 12.4 Å². The Hall–Kier alpha value is -3.66. The second kappa shape index (κ2) is 7.70. The van der Waals surface area contributed by atoms with E-state index in [0.717, 1.165) is 4.90 Å². The standard InChI is InChI=1S/C20H16N2O5/c1-13(27-15-8-6-14(12-21)7-9-15)20(25)26-11-10-22-18(23)16-4-2-3-5-17(16)19(22)24/h2-9,13H,10-11H2,1H3/t13-/m1/s1. The number of carbonyl (C=O) groups excluding carboxylic acids is 3. The predicted molar refractivity (Wildman–Crippen MR) is 94.0 cm³/mol. The summed E-state index contributed by atoms with van der Waals surface area (Å²) < 4.78 is 10.6. The molecule has 2 aromatic rings. The van der Waals surface area contributed by atoms with Crippen LogP contribution in [0.5, 0.6) is 5.75 Å². The molecule has 0 aromatic heterocycles. The number of benzene rings is 2. The lowest BCUT2D eigenvalue weighted by Crippen LogP contribution is -2.35. The average molecular weight is 364 g/mol. The number of amides is 2. The van der Waals surface area contributed by atoms with E-state index in [2.05, 4.69) is 0 Å². The fourth-order valence-corrected chi connectivity index (χ4v) is 2.66. The molecule has 7 heteroatoms. The zero-order valence-corrected chi connectivity index (χ0v) is 14.5. The molecule has 1 aliphatic heterocycles. The van der Waals surface area contributed by atoms with Gasteiger partial charge in [0.15, 0.2) is 6.10 Å². The van der Waals surface area contributed by atoms with Crippen molar-refractivity contribution in [3.05, 3.63) is 65.2 Å². The Labute approximate surface area is 155 Å². The molecular formula is C20H16N2O5. The predicted octanol–water partition coefficient (Wildman–Crippen LogP) is 2.16. The highest BCUT2D eigenvalue weighted by molar-refractivity contribution is 6.21. The Morgan fingerprint density at radius 3 is 2.22 bits per heavy atom. The van der Waals surface area contributed by atoms with E-state index >= 15 is 0 Å². The molecule has 1 atom stereocenters. The average Bonchev–Trinajstić information content (AvgIpc) is 2.93. The van der Waals surface area contributed by atoms with Crippen LogP contribution in [0.4, 0.5) is 0 Å². The summed E-state index contributed by atoms with van der Waals surface area (Å²) in [6, 6.07) is 14.9. The molecule has 0 saturated heterocycles. The molecule has 3 rings (SSSR count). The maximum absolute atomic E-state index is 12.2. The molecule has 136 valence electrons. The van der Waals surface area contributed by atoms with Crippen LogP contribution in [0.15, 0.2) is 48.5 Å². The maximum Gasteiger partial charge on any atom is 0.347 e. The van der Waals surface area contributed by atoms with Crippen molar-refractivity contribution in [1.29, 1.82) is 5.26 Å². The molecule has 1 aliphatic rings. The van der Waals surface area contributed by atoms with Gasteiger partial charge >= 0.3 is 5.97 Å². The van der Waals surface area contributed by atoms with Crippen LogP contribution in [0.1, 0.15) is 33.2 Å². The molecule has 0 bridgehead atoms. The lowest BCUT2D eigenvalue weighted by Gasteiger charge is -2.16. The highest BCUT2D eigenvalue weighted by atomic mass is 16.6. The summed E-state index contributed by atoms with van der Waals surface area (Å²) in [4.78, 5) is 37.6. The lowest BCUT2D eigenvalue weighted by molar-refractivity contribution is -0.151. The summed E-state index contributed by atoms with van der Waals surface area (Å²) in [7, 11) is 0. The largest absolute Gasteiger partial charge is 0.479 e. The Balaban J connectivity index is 1.50. The molecule has 0 spiro atoms. The van der Waals surface area contributed by atoms with Gasteiger partial charge in [-0.25, -0.2) is 4.79 Å². The first-order chi connectivity index (χ1) is 13.0. The molecule has 1 heterocycles. The van der Waals surface area contributed by atoms with Gasteiger partial charge in [0.05, 0.1) is 29.3 Å². The molecule has 0 saturated carbocycles. The van der Waals surface area contributed by atoms with Crippen LogP contribution in [-0.2, 0) is 9.53 Å². The molecule has 27 heavy (non-hydrogen) atoms. The third-order valence-electron chi connectivity index (χ3n) is 4.07. The van der Waals surface area contributed by atoms with Crippen LogP contribution in [-0.4, -0.2) is 41.9 Å². The zero-order chi connectivity index (χ0) is 19.4. The van der Waals surface area contributed by atoms with E-state index in [1.165, 1.54) is 6.92 Å². The van der Waals surface area contributed by atoms with E-state index in [4.69, 9.17) is 14.7 Å². The molecule has 0 aliphatic carbocycles. The summed E-state index contributed by atoms with van der Waals surface area (Å²) in [5, 5.41) is 8.76. The topological polar surface area (TPSA) is 96.7 Å². The van der Waals surface area contributed by atoms with E-state index in [9.17, 15) is 14.4 Å². The van der Waals surface area contributed by atoms with Crippen molar-refractivity contribution in [3.63, 3.8) is 0 Å². The number of carbonyl (C=O) groups is 3. The Morgan fingerprint density at radius 1 is 1.07 bits per heavy atom. The van der Waals surface area contributed by atoms with Crippen LogP contribution in [0.3, 0.4) is 0 Å². The molecular weight excluding hydrogens is 348 g/mol. The van der Waals surface area contributed by atoms with E-state index in [1.54, 1.807) is 48.5 Å². The van der Waals surface area contributed by atoms with Gasteiger partial charge in [0, 0.05) is 0 Å². The summed E-state index contributed by atoms with van der Waals surface area (Å²) in [5.41, 5.74) is 1.19. The van der Waals surface area contributed by atoms with Gasteiger partial charge in [-0.15, -0.1) is 0 Å². The Morgan fingerprint density at radius 2 is 1.67 bits per heavy atom. The number of imide groups is 1. The molecule has 7 nitrogen and oxygen atoms in total. The van der Waals surface area contributed by atoms with Crippen molar-refractivity contribution < 1.29 is 23.9 Å². The monoisotopic (exact) mass is 364 g/mol. The number of ether oxygens (including phenoxy) is 2. The van der Waals surface area contributed by atoms with Crippen molar-refractivity contribution in [1.82, 2.24) is 4.90 Å². The molecule has 2 aromatic carbocycles. The SMILES string of the molecule is C[C@@H](Oc1ccc(C#N)cc1)C(=O)OCCN1C(=O)c2ccccc2C1=O. The third kappa shape index (κ3) is 3.80. The van der Waals surface area contributed by atoms with Gasteiger partial charge in [-0.3, -0.25) is 14.5 Å². The highest BCUT2D eigenvalue weighted by Gasteiger charge is 2.35. The number of nitrogens with zero attached hydrogens (tertiary/aromatic N) is 2. The quantitative estimate of drug-likeness (QED) is 0.576. The number of rotatable bonds is 6. The van der Waals surface area contributed by atoms with Crippen LogP contribution in [0.2, 0.25) is 0 Å². The number of hydrogen-bond donors (Lipinski definition) is 0. The van der Waals surface area contributed by atoms with Crippen molar-refractivity contribution in [2.24, 2.45) is 0 Å². The number of hydrogen-bond acceptors (Lipinski definition) is 6. The van der Waals surface area contributed by atoms with Gasteiger partial charge in [-0.1, -0.05) is 12.1 Å². The minimum atomic E-state index is -0.875. The first kappa shape index (κ1) is 18.1. The number of esters is 1. The van der Waals surface area contributed by atoms with Crippen LogP contribution in [0, 0.1) is 11.3 Å². The van der Waals surface area contributed by atoms with Crippen molar-refractivity contribution in [2.45, 2.75) is 13.0 Å². The van der Waals surface area contributed by atoms with E-state index in [-0.39, 0.29) is 13.2 Å². The van der Waals surface area contributed by atoms with Gasteiger partial charge < -0.3 is 9.47 Å². The van der Waals surface area contributed by atoms with E-state index in [0.29, 0.717) is 22.4 Å². The molecule has 0 unspecified atom stereocenters. The summed E-state index contributed by atoms with van der Waals surface area (Å²) in [6.45, 7) is 1.38. The minimum absolute atomic E-state index is 0.0261. The smallest absolute Gasteiger partial charge is 0.347 e. The van der Waals surface area contributed by atoms with Crippen molar-refractivity contribution in [2.75, 3.05) is 13.2 Å².